The highest BCUT2D eigenvalue weighted by molar-refractivity contribution is 7.16. The number of nitrogens with one attached hydrogen (secondary N) is 1. The summed E-state index contributed by atoms with van der Waals surface area (Å²) >= 11 is 1.59. The first-order valence-corrected chi connectivity index (χ1v) is 7.20. The molecule has 0 spiro atoms. The second kappa shape index (κ2) is 5.48. The van der Waals surface area contributed by atoms with Gasteiger partial charge in [0, 0.05) is 6.54 Å². The zero-order valence-electron chi connectivity index (χ0n) is 10.8. The zero-order chi connectivity index (χ0) is 13.9. The van der Waals surface area contributed by atoms with Crippen molar-refractivity contribution in [3.8, 4) is 0 Å². The molecular formula is C15H15N3OS. The molecule has 4 nitrogen and oxygen atoms in total. The number of anilines is 2. The van der Waals surface area contributed by atoms with Gasteiger partial charge in [0.1, 0.15) is 5.52 Å². The van der Waals surface area contributed by atoms with E-state index in [0.29, 0.717) is 12.2 Å². The number of hydrogen-bond acceptors (Lipinski definition) is 5. The van der Waals surface area contributed by atoms with Gasteiger partial charge in [-0.2, -0.15) is 0 Å². The normalized spacial score (nSPS) is 10.8. The minimum absolute atomic E-state index is 0.0706. The topological polar surface area (TPSA) is 71.2 Å². The van der Waals surface area contributed by atoms with Crippen LogP contribution in [0.1, 0.15) is 11.1 Å². The maximum Gasteiger partial charge on any atom is 0.106 e. The predicted molar refractivity (Wildman–Crippen MR) is 83.7 cm³/mol. The predicted octanol–water partition coefficient (Wildman–Crippen LogP) is 2.98. The first-order valence-electron chi connectivity index (χ1n) is 6.32. The first-order chi connectivity index (χ1) is 9.78. The fourth-order valence-corrected chi connectivity index (χ4v) is 2.76. The molecule has 2 aromatic carbocycles. The molecule has 102 valence electrons. The van der Waals surface area contributed by atoms with E-state index in [1.807, 2.05) is 36.4 Å². The second-order valence-electron chi connectivity index (χ2n) is 4.55. The van der Waals surface area contributed by atoms with Crippen LogP contribution in [0.15, 0.2) is 41.9 Å². The van der Waals surface area contributed by atoms with Gasteiger partial charge in [0.15, 0.2) is 0 Å². The Balaban J connectivity index is 1.77. The summed E-state index contributed by atoms with van der Waals surface area (Å²) in [6, 6.07) is 11.8. The smallest absolute Gasteiger partial charge is 0.106 e. The molecule has 0 saturated carbocycles. The number of hydrogen-bond donors (Lipinski definition) is 3. The van der Waals surface area contributed by atoms with Crippen LogP contribution in [-0.2, 0) is 13.2 Å². The Labute approximate surface area is 120 Å². The molecule has 0 saturated heterocycles. The Morgan fingerprint density at radius 2 is 1.85 bits per heavy atom. The number of nitrogens with zero attached hydrogens (tertiary/aromatic N) is 1. The lowest BCUT2D eigenvalue weighted by molar-refractivity contribution is 0.282. The van der Waals surface area contributed by atoms with Crippen LogP contribution in [0, 0.1) is 0 Å². The monoisotopic (exact) mass is 285 g/mol. The van der Waals surface area contributed by atoms with Crippen LogP contribution in [0.3, 0.4) is 0 Å². The van der Waals surface area contributed by atoms with E-state index >= 15 is 0 Å². The molecule has 0 atom stereocenters. The Kier molecular flexibility index (Phi) is 3.54. The number of aromatic nitrogens is 1. The molecule has 0 radical (unpaired) electrons. The summed E-state index contributed by atoms with van der Waals surface area (Å²) in [6.45, 7) is 0.757. The average Bonchev–Trinajstić information content (AvgIpc) is 2.96. The summed E-state index contributed by atoms with van der Waals surface area (Å²) < 4.78 is 1.10. The number of nitrogen functional groups attached to an aromatic ring is 1. The molecule has 0 aliphatic carbocycles. The summed E-state index contributed by atoms with van der Waals surface area (Å²) in [5.41, 5.74) is 12.4. The number of nitrogens with two attached hydrogens (primary N) is 1. The first kappa shape index (κ1) is 12.9. The summed E-state index contributed by atoms with van der Waals surface area (Å²) in [7, 11) is 0. The van der Waals surface area contributed by atoms with E-state index in [0.717, 1.165) is 27.0 Å². The minimum Gasteiger partial charge on any atom is -0.395 e. The zero-order valence-corrected chi connectivity index (χ0v) is 11.7. The Morgan fingerprint density at radius 3 is 2.60 bits per heavy atom. The molecule has 0 aliphatic heterocycles. The second-order valence-corrected chi connectivity index (χ2v) is 5.44. The molecule has 20 heavy (non-hydrogen) atoms. The third-order valence-corrected chi connectivity index (χ3v) is 4.02. The maximum atomic E-state index is 9.01. The number of benzene rings is 2. The van der Waals surface area contributed by atoms with Gasteiger partial charge in [-0.25, -0.2) is 4.98 Å². The van der Waals surface area contributed by atoms with Gasteiger partial charge in [-0.3, -0.25) is 0 Å². The lowest BCUT2D eigenvalue weighted by Crippen LogP contribution is -2.03. The molecule has 0 bridgehead atoms. The third kappa shape index (κ3) is 2.45. The van der Waals surface area contributed by atoms with Gasteiger partial charge in [0.05, 0.1) is 28.2 Å². The van der Waals surface area contributed by atoms with Crippen molar-refractivity contribution in [3.63, 3.8) is 0 Å². The summed E-state index contributed by atoms with van der Waals surface area (Å²) in [5, 5.41) is 12.3. The number of aliphatic hydroxyl groups excluding tert-OH is 1. The molecule has 1 aromatic heterocycles. The number of aliphatic hydroxyl groups is 1. The standard InChI is InChI=1S/C15H15N3OS/c16-14-12(5-6-13-15(14)18-9-20-13)17-7-10-1-3-11(8-19)4-2-10/h1-6,9,17,19H,7-8,16H2. The van der Waals surface area contributed by atoms with Crippen molar-refractivity contribution in [2.24, 2.45) is 0 Å². The summed E-state index contributed by atoms with van der Waals surface area (Å²) in [6.07, 6.45) is 0. The van der Waals surface area contributed by atoms with Crippen LogP contribution in [-0.4, -0.2) is 10.1 Å². The number of fused-ring (bicyclic) bond motifs is 1. The van der Waals surface area contributed by atoms with Crippen LogP contribution >= 0.6 is 11.3 Å². The van der Waals surface area contributed by atoms with Crippen molar-refractivity contribution >= 4 is 32.9 Å². The molecule has 0 amide bonds. The summed E-state index contributed by atoms with van der Waals surface area (Å²) in [5.74, 6) is 0. The third-order valence-electron chi connectivity index (χ3n) is 3.23. The van der Waals surface area contributed by atoms with E-state index in [2.05, 4.69) is 10.3 Å². The highest BCUT2D eigenvalue weighted by Gasteiger charge is 2.06. The highest BCUT2D eigenvalue weighted by atomic mass is 32.1. The van der Waals surface area contributed by atoms with Crippen molar-refractivity contribution in [2.45, 2.75) is 13.2 Å². The highest BCUT2D eigenvalue weighted by Crippen LogP contribution is 2.30. The molecule has 0 unspecified atom stereocenters. The van der Waals surface area contributed by atoms with Crippen molar-refractivity contribution in [1.82, 2.24) is 4.98 Å². The Morgan fingerprint density at radius 1 is 1.10 bits per heavy atom. The van der Waals surface area contributed by atoms with E-state index in [1.54, 1.807) is 16.8 Å². The van der Waals surface area contributed by atoms with E-state index in [4.69, 9.17) is 10.8 Å². The van der Waals surface area contributed by atoms with Crippen molar-refractivity contribution < 1.29 is 5.11 Å². The van der Waals surface area contributed by atoms with Crippen LogP contribution in [0.4, 0.5) is 11.4 Å². The van der Waals surface area contributed by atoms with Gasteiger partial charge >= 0.3 is 0 Å². The summed E-state index contributed by atoms with van der Waals surface area (Å²) in [4.78, 5) is 4.28. The molecular weight excluding hydrogens is 270 g/mol. The lowest BCUT2D eigenvalue weighted by Gasteiger charge is -2.10. The molecule has 0 aliphatic rings. The fraction of sp³-hybridized carbons (Fsp3) is 0.133. The van der Waals surface area contributed by atoms with Gasteiger partial charge < -0.3 is 16.2 Å². The number of thiazole rings is 1. The largest absolute Gasteiger partial charge is 0.395 e. The molecule has 1 heterocycles. The van der Waals surface area contributed by atoms with Gasteiger partial charge in [-0.05, 0) is 23.3 Å². The molecule has 3 aromatic rings. The van der Waals surface area contributed by atoms with Crippen molar-refractivity contribution in [1.29, 1.82) is 0 Å². The van der Waals surface area contributed by atoms with E-state index in [9.17, 15) is 0 Å². The SMILES string of the molecule is Nc1c(NCc2ccc(CO)cc2)ccc2scnc12. The average molecular weight is 285 g/mol. The Hall–Kier alpha value is -2.11. The number of rotatable bonds is 4. The quantitative estimate of drug-likeness (QED) is 0.644. The van der Waals surface area contributed by atoms with Crippen LogP contribution in [0.25, 0.3) is 10.2 Å². The lowest BCUT2D eigenvalue weighted by atomic mass is 10.1. The van der Waals surface area contributed by atoms with Crippen LogP contribution < -0.4 is 11.1 Å². The molecule has 5 heteroatoms. The molecule has 4 N–H and O–H groups in total. The van der Waals surface area contributed by atoms with Crippen molar-refractivity contribution in [2.75, 3.05) is 11.1 Å². The van der Waals surface area contributed by atoms with Crippen LogP contribution in [0.2, 0.25) is 0 Å². The maximum absolute atomic E-state index is 9.01. The molecule has 0 fully saturated rings. The van der Waals surface area contributed by atoms with E-state index in [1.165, 1.54) is 0 Å². The van der Waals surface area contributed by atoms with Gasteiger partial charge in [0.25, 0.3) is 0 Å². The van der Waals surface area contributed by atoms with Crippen molar-refractivity contribution in [3.05, 3.63) is 53.0 Å². The minimum atomic E-state index is 0.0706. The van der Waals surface area contributed by atoms with Crippen LogP contribution in [0.5, 0.6) is 0 Å². The molecule has 3 rings (SSSR count). The Bertz CT molecular complexity index is 722. The van der Waals surface area contributed by atoms with Gasteiger partial charge in [0.2, 0.25) is 0 Å². The van der Waals surface area contributed by atoms with E-state index in [-0.39, 0.29) is 6.61 Å². The fourth-order valence-electron chi connectivity index (χ4n) is 2.07. The van der Waals surface area contributed by atoms with Gasteiger partial charge in [-0.15, -0.1) is 11.3 Å². The van der Waals surface area contributed by atoms with Gasteiger partial charge in [-0.1, -0.05) is 24.3 Å². The van der Waals surface area contributed by atoms with E-state index < -0.39 is 0 Å².